The first-order valence-electron chi connectivity index (χ1n) is 7.91. The second-order valence-electron chi connectivity index (χ2n) is 6.35. The highest BCUT2D eigenvalue weighted by atomic mass is 16.5. The minimum atomic E-state index is 0.521. The summed E-state index contributed by atoms with van der Waals surface area (Å²) >= 11 is 0. The van der Waals surface area contributed by atoms with Crippen molar-refractivity contribution in [1.29, 1.82) is 0 Å². The largest absolute Gasteiger partial charge is 0.383 e. The monoisotopic (exact) mass is 269 g/mol. The molecular formula is C15H31N3O. The maximum atomic E-state index is 5.45. The normalized spacial score (nSPS) is 27.5. The highest BCUT2D eigenvalue weighted by Crippen LogP contribution is 2.22. The SMILES string of the molecule is COCC(CNC(C)C)N1CCCN2CCCC2C1. The second-order valence-corrected chi connectivity index (χ2v) is 6.35. The molecule has 112 valence electrons. The van der Waals surface area contributed by atoms with Crippen LogP contribution in [0.4, 0.5) is 0 Å². The van der Waals surface area contributed by atoms with E-state index in [0.29, 0.717) is 12.1 Å². The molecule has 2 heterocycles. The molecule has 2 aliphatic rings. The van der Waals surface area contributed by atoms with E-state index in [2.05, 4.69) is 29.0 Å². The van der Waals surface area contributed by atoms with Crippen LogP contribution in [0.3, 0.4) is 0 Å². The van der Waals surface area contributed by atoms with Crippen molar-refractivity contribution >= 4 is 0 Å². The minimum absolute atomic E-state index is 0.521. The van der Waals surface area contributed by atoms with Crippen molar-refractivity contribution in [3.05, 3.63) is 0 Å². The topological polar surface area (TPSA) is 27.7 Å². The van der Waals surface area contributed by atoms with E-state index in [9.17, 15) is 0 Å². The van der Waals surface area contributed by atoms with Gasteiger partial charge >= 0.3 is 0 Å². The zero-order chi connectivity index (χ0) is 13.7. The molecule has 2 atom stereocenters. The Kier molecular flexibility index (Phi) is 6.07. The van der Waals surface area contributed by atoms with Gasteiger partial charge in [0.05, 0.1) is 6.61 Å². The molecule has 0 spiro atoms. The molecule has 2 unspecified atom stereocenters. The van der Waals surface area contributed by atoms with E-state index in [1.54, 1.807) is 0 Å². The molecule has 0 aliphatic carbocycles. The average Bonchev–Trinajstić information content (AvgIpc) is 2.72. The van der Waals surface area contributed by atoms with Crippen molar-refractivity contribution in [2.45, 2.75) is 51.2 Å². The second kappa shape index (κ2) is 7.58. The number of ether oxygens (including phenoxy) is 1. The summed E-state index contributed by atoms with van der Waals surface area (Å²) in [6.45, 7) is 11.4. The summed E-state index contributed by atoms with van der Waals surface area (Å²) in [5.74, 6) is 0. The molecule has 0 aromatic rings. The molecule has 2 fully saturated rings. The Hall–Kier alpha value is -0.160. The summed E-state index contributed by atoms with van der Waals surface area (Å²) in [6.07, 6.45) is 4.07. The van der Waals surface area contributed by atoms with E-state index in [0.717, 1.165) is 19.2 Å². The van der Waals surface area contributed by atoms with Crippen LogP contribution in [-0.2, 0) is 4.74 Å². The van der Waals surface area contributed by atoms with Crippen molar-refractivity contribution in [3.8, 4) is 0 Å². The zero-order valence-corrected chi connectivity index (χ0v) is 12.9. The number of hydrogen-bond donors (Lipinski definition) is 1. The molecule has 0 amide bonds. The Labute approximate surface area is 118 Å². The fourth-order valence-electron chi connectivity index (χ4n) is 3.42. The third-order valence-electron chi connectivity index (χ3n) is 4.47. The first-order valence-corrected chi connectivity index (χ1v) is 7.91. The van der Waals surface area contributed by atoms with E-state index in [1.165, 1.54) is 45.4 Å². The molecule has 4 nitrogen and oxygen atoms in total. The van der Waals surface area contributed by atoms with Gasteiger partial charge in [0.25, 0.3) is 0 Å². The van der Waals surface area contributed by atoms with Crippen LogP contribution in [0, 0.1) is 0 Å². The molecule has 0 radical (unpaired) electrons. The summed E-state index contributed by atoms with van der Waals surface area (Å²) in [4.78, 5) is 5.36. The number of nitrogens with one attached hydrogen (secondary N) is 1. The molecule has 0 aromatic carbocycles. The Morgan fingerprint density at radius 3 is 2.74 bits per heavy atom. The lowest BCUT2D eigenvalue weighted by atomic mass is 10.1. The number of rotatable bonds is 6. The van der Waals surface area contributed by atoms with E-state index in [1.807, 2.05) is 7.11 Å². The van der Waals surface area contributed by atoms with Crippen molar-refractivity contribution in [3.63, 3.8) is 0 Å². The van der Waals surface area contributed by atoms with Gasteiger partial charge in [-0.05, 0) is 38.9 Å². The fraction of sp³-hybridized carbons (Fsp3) is 1.00. The van der Waals surface area contributed by atoms with Crippen molar-refractivity contribution in [1.82, 2.24) is 15.1 Å². The van der Waals surface area contributed by atoms with Gasteiger partial charge in [-0.3, -0.25) is 9.80 Å². The zero-order valence-electron chi connectivity index (χ0n) is 12.9. The van der Waals surface area contributed by atoms with Crippen LogP contribution in [0.15, 0.2) is 0 Å². The van der Waals surface area contributed by atoms with Crippen molar-refractivity contribution < 1.29 is 4.74 Å². The molecular weight excluding hydrogens is 238 g/mol. The van der Waals surface area contributed by atoms with Crippen molar-refractivity contribution in [2.75, 3.05) is 46.4 Å². The van der Waals surface area contributed by atoms with Crippen LogP contribution < -0.4 is 5.32 Å². The molecule has 1 N–H and O–H groups in total. The molecule has 19 heavy (non-hydrogen) atoms. The first-order chi connectivity index (χ1) is 9.20. The fourth-order valence-corrected chi connectivity index (χ4v) is 3.42. The Morgan fingerprint density at radius 2 is 2.00 bits per heavy atom. The molecule has 2 aliphatic heterocycles. The first kappa shape index (κ1) is 15.2. The van der Waals surface area contributed by atoms with Gasteiger partial charge in [-0.25, -0.2) is 0 Å². The average molecular weight is 269 g/mol. The lowest BCUT2D eigenvalue weighted by Crippen LogP contribution is -2.49. The number of methoxy groups -OCH3 is 1. The van der Waals surface area contributed by atoms with Crippen LogP contribution in [-0.4, -0.2) is 74.4 Å². The minimum Gasteiger partial charge on any atom is -0.383 e. The van der Waals surface area contributed by atoms with Gasteiger partial charge in [0.15, 0.2) is 0 Å². The van der Waals surface area contributed by atoms with Gasteiger partial charge in [0.1, 0.15) is 0 Å². The summed E-state index contributed by atoms with van der Waals surface area (Å²) < 4.78 is 5.45. The van der Waals surface area contributed by atoms with Crippen LogP contribution in [0.1, 0.15) is 33.1 Å². The third kappa shape index (κ3) is 4.42. The summed E-state index contributed by atoms with van der Waals surface area (Å²) in [5.41, 5.74) is 0. The predicted molar refractivity (Wildman–Crippen MR) is 79.6 cm³/mol. The molecule has 2 rings (SSSR count). The summed E-state index contributed by atoms with van der Waals surface area (Å²) in [7, 11) is 1.82. The van der Waals surface area contributed by atoms with Crippen LogP contribution in [0.2, 0.25) is 0 Å². The van der Waals surface area contributed by atoms with E-state index in [-0.39, 0.29) is 0 Å². The van der Waals surface area contributed by atoms with Gasteiger partial charge in [-0.15, -0.1) is 0 Å². The summed E-state index contributed by atoms with van der Waals surface area (Å²) in [5, 5.41) is 3.57. The van der Waals surface area contributed by atoms with Crippen LogP contribution >= 0.6 is 0 Å². The van der Waals surface area contributed by atoms with Gasteiger partial charge in [0.2, 0.25) is 0 Å². The van der Waals surface area contributed by atoms with Gasteiger partial charge in [0, 0.05) is 38.3 Å². The van der Waals surface area contributed by atoms with Gasteiger partial charge in [-0.2, -0.15) is 0 Å². The quantitative estimate of drug-likeness (QED) is 0.783. The molecule has 0 saturated carbocycles. The summed E-state index contributed by atoms with van der Waals surface area (Å²) in [6, 6.07) is 1.86. The Balaban J connectivity index is 1.91. The highest BCUT2D eigenvalue weighted by Gasteiger charge is 2.31. The molecule has 0 aromatic heterocycles. The lowest BCUT2D eigenvalue weighted by molar-refractivity contribution is 0.0827. The van der Waals surface area contributed by atoms with Crippen LogP contribution in [0.5, 0.6) is 0 Å². The lowest BCUT2D eigenvalue weighted by Gasteiger charge is -2.33. The molecule has 4 heteroatoms. The van der Waals surface area contributed by atoms with Gasteiger partial charge in [-0.1, -0.05) is 13.8 Å². The molecule has 0 bridgehead atoms. The maximum absolute atomic E-state index is 5.45. The Morgan fingerprint density at radius 1 is 1.21 bits per heavy atom. The van der Waals surface area contributed by atoms with Crippen LogP contribution in [0.25, 0.3) is 0 Å². The van der Waals surface area contributed by atoms with E-state index < -0.39 is 0 Å². The Bertz CT molecular complexity index is 260. The highest BCUT2D eigenvalue weighted by molar-refractivity contribution is 4.88. The van der Waals surface area contributed by atoms with Gasteiger partial charge < -0.3 is 10.1 Å². The number of nitrogens with zero attached hydrogens (tertiary/aromatic N) is 2. The third-order valence-corrected chi connectivity index (χ3v) is 4.47. The number of fused-ring (bicyclic) bond motifs is 1. The maximum Gasteiger partial charge on any atom is 0.0630 e. The molecule has 2 saturated heterocycles. The predicted octanol–water partition coefficient (Wildman–Crippen LogP) is 1.17. The van der Waals surface area contributed by atoms with Crippen molar-refractivity contribution in [2.24, 2.45) is 0 Å². The van der Waals surface area contributed by atoms with E-state index in [4.69, 9.17) is 4.74 Å². The standard InChI is InChI=1S/C15H31N3O/c1-13(2)16-10-15(12-19-3)18-9-5-8-17-7-4-6-14(17)11-18/h13-16H,4-12H2,1-3H3. The van der Waals surface area contributed by atoms with E-state index >= 15 is 0 Å². The smallest absolute Gasteiger partial charge is 0.0630 e. The number of hydrogen-bond acceptors (Lipinski definition) is 4.